The maximum Gasteiger partial charge on any atom is 0.344 e. The van der Waals surface area contributed by atoms with Gasteiger partial charge < -0.3 is 9.84 Å². The molecular weight excluding hydrogens is 284 g/mol. The number of rotatable bonds is 6. The number of carbonyl (C=O) groups is 1. The molecule has 94 valence electrons. The van der Waals surface area contributed by atoms with Crippen LogP contribution in [0, 0.1) is 6.92 Å². The summed E-state index contributed by atoms with van der Waals surface area (Å²) in [4.78, 5) is 11.1. The highest BCUT2D eigenvalue weighted by Crippen LogP contribution is 2.24. The van der Waals surface area contributed by atoms with Gasteiger partial charge in [0.15, 0.2) is 6.10 Å². The van der Waals surface area contributed by atoms with Crippen LogP contribution in [0.5, 0.6) is 5.75 Å². The van der Waals surface area contributed by atoms with Gasteiger partial charge in [-0.2, -0.15) is 0 Å². The highest BCUT2D eigenvalue weighted by molar-refractivity contribution is 9.10. The summed E-state index contributed by atoms with van der Waals surface area (Å²) in [6, 6.07) is 5.55. The molecule has 0 bridgehead atoms. The minimum absolute atomic E-state index is 0.543. The topological polar surface area (TPSA) is 46.5 Å². The third kappa shape index (κ3) is 4.38. The molecule has 4 heteroatoms. The van der Waals surface area contributed by atoms with E-state index in [2.05, 4.69) is 15.9 Å². The number of benzene rings is 1. The van der Waals surface area contributed by atoms with E-state index in [9.17, 15) is 4.79 Å². The van der Waals surface area contributed by atoms with Gasteiger partial charge in [-0.15, -0.1) is 0 Å². The second kappa shape index (κ2) is 6.64. The molecule has 17 heavy (non-hydrogen) atoms. The Kier molecular flexibility index (Phi) is 5.48. The van der Waals surface area contributed by atoms with E-state index in [4.69, 9.17) is 9.84 Å². The van der Waals surface area contributed by atoms with Crippen molar-refractivity contribution in [1.82, 2.24) is 0 Å². The largest absolute Gasteiger partial charge is 0.479 e. The Morgan fingerprint density at radius 1 is 1.53 bits per heavy atom. The quantitative estimate of drug-likeness (QED) is 0.869. The summed E-state index contributed by atoms with van der Waals surface area (Å²) >= 11 is 3.36. The summed E-state index contributed by atoms with van der Waals surface area (Å²) in [5, 5.41) is 9.07. The summed E-state index contributed by atoms with van der Waals surface area (Å²) in [5.41, 5.74) is 0.933. The van der Waals surface area contributed by atoms with Crippen molar-refractivity contribution in [2.24, 2.45) is 0 Å². The van der Waals surface area contributed by atoms with E-state index < -0.39 is 12.1 Å². The average Bonchev–Trinajstić information content (AvgIpc) is 2.26. The zero-order chi connectivity index (χ0) is 12.8. The van der Waals surface area contributed by atoms with Gasteiger partial charge >= 0.3 is 5.97 Å². The van der Waals surface area contributed by atoms with Crippen LogP contribution >= 0.6 is 15.9 Å². The molecule has 0 aliphatic carbocycles. The van der Waals surface area contributed by atoms with Crippen molar-refractivity contribution in [3.05, 3.63) is 28.2 Å². The molecule has 1 N–H and O–H groups in total. The molecular formula is C13H17BrO3. The molecule has 0 radical (unpaired) electrons. The van der Waals surface area contributed by atoms with Gasteiger partial charge in [0.2, 0.25) is 0 Å². The van der Waals surface area contributed by atoms with Crippen LogP contribution in [0.15, 0.2) is 22.7 Å². The number of aliphatic carboxylic acids is 1. The number of aryl methyl sites for hydroxylation is 1. The molecule has 0 heterocycles. The van der Waals surface area contributed by atoms with E-state index in [0.29, 0.717) is 12.2 Å². The Balaban J connectivity index is 2.75. The van der Waals surface area contributed by atoms with Crippen LogP contribution in [0.25, 0.3) is 0 Å². The minimum Gasteiger partial charge on any atom is -0.479 e. The van der Waals surface area contributed by atoms with Gasteiger partial charge in [-0.1, -0.05) is 29.3 Å². The molecule has 1 atom stereocenters. The van der Waals surface area contributed by atoms with Crippen LogP contribution in [0.2, 0.25) is 0 Å². The summed E-state index contributed by atoms with van der Waals surface area (Å²) < 4.78 is 6.50. The maximum atomic E-state index is 11.1. The van der Waals surface area contributed by atoms with E-state index in [-0.39, 0.29) is 0 Å². The molecule has 0 spiro atoms. The highest BCUT2D eigenvalue weighted by Gasteiger charge is 2.19. The summed E-state index contributed by atoms with van der Waals surface area (Å²) in [6.07, 6.45) is 1.61. The first kappa shape index (κ1) is 14.0. The molecule has 1 aromatic carbocycles. The molecule has 0 fully saturated rings. The zero-order valence-electron chi connectivity index (χ0n) is 10.1. The van der Waals surface area contributed by atoms with Crippen LogP contribution < -0.4 is 4.74 Å². The van der Waals surface area contributed by atoms with Crippen LogP contribution in [0.3, 0.4) is 0 Å². The number of unbranched alkanes of at least 4 members (excludes halogenated alkanes) is 1. The fourth-order valence-electron chi connectivity index (χ4n) is 1.52. The van der Waals surface area contributed by atoms with E-state index in [1.807, 2.05) is 26.0 Å². The SMILES string of the molecule is CCCCC(Oc1ccc(Br)cc1C)C(=O)O. The normalized spacial score (nSPS) is 12.2. The number of hydrogen-bond donors (Lipinski definition) is 1. The van der Waals surface area contributed by atoms with Crippen molar-refractivity contribution in [2.45, 2.75) is 39.2 Å². The number of carboxylic acid groups (broad SMARTS) is 1. The summed E-state index contributed by atoms with van der Waals surface area (Å²) in [7, 11) is 0. The molecule has 0 saturated carbocycles. The summed E-state index contributed by atoms with van der Waals surface area (Å²) in [6.45, 7) is 3.93. The molecule has 3 nitrogen and oxygen atoms in total. The standard InChI is InChI=1S/C13H17BrO3/c1-3-4-5-12(13(15)16)17-11-7-6-10(14)8-9(11)2/h6-8,12H,3-5H2,1-2H3,(H,15,16). The van der Waals surface area contributed by atoms with Crippen LogP contribution in [-0.2, 0) is 4.79 Å². The van der Waals surface area contributed by atoms with Gasteiger partial charge in [-0.3, -0.25) is 0 Å². The number of carboxylic acids is 1. The van der Waals surface area contributed by atoms with E-state index >= 15 is 0 Å². The van der Waals surface area contributed by atoms with Gasteiger partial charge in [-0.25, -0.2) is 4.79 Å². The third-order valence-corrected chi connectivity index (χ3v) is 2.99. The Bertz CT molecular complexity index is 390. The molecule has 0 amide bonds. The molecule has 0 saturated heterocycles. The smallest absolute Gasteiger partial charge is 0.344 e. The molecule has 0 aliphatic rings. The van der Waals surface area contributed by atoms with Gasteiger partial charge in [0.25, 0.3) is 0 Å². The fraction of sp³-hybridized carbons (Fsp3) is 0.462. The fourth-order valence-corrected chi connectivity index (χ4v) is 2.00. The summed E-state index contributed by atoms with van der Waals surface area (Å²) in [5.74, 6) is -0.266. The lowest BCUT2D eigenvalue weighted by Gasteiger charge is -2.16. The minimum atomic E-state index is -0.902. The lowest BCUT2D eigenvalue weighted by atomic mass is 10.1. The van der Waals surface area contributed by atoms with Crippen molar-refractivity contribution >= 4 is 21.9 Å². The first-order valence-corrected chi connectivity index (χ1v) is 6.49. The Morgan fingerprint density at radius 2 is 2.24 bits per heavy atom. The zero-order valence-corrected chi connectivity index (χ0v) is 11.7. The average molecular weight is 301 g/mol. The van der Waals surface area contributed by atoms with Gasteiger partial charge in [0, 0.05) is 4.47 Å². The maximum absolute atomic E-state index is 11.1. The van der Waals surface area contributed by atoms with Gasteiger partial charge in [0.05, 0.1) is 0 Å². The molecule has 0 aliphatic heterocycles. The first-order valence-electron chi connectivity index (χ1n) is 5.70. The molecule has 1 aromatic rings. The van der Waals surface area contributed by atoms with Crippen molar-refractivity contribution in [2.75, 3.05) is 0 Å². The van der Waals surface area contributed by atoms with Gasteiger partial charge in [-0.05, 0) is 43.5 Å². The van der Waals surface area contributed by atoms with Gasteiger partial charge in [0.1, 0.15) is 5.75 Å². The lowest BCUT2D eigenvalue weighted by molar-refractivity contribution is -0.145. The first-order chi connectivity index (χ1) is 8.04. The Morgan fingerprint density at radius 3 is 2.76 bits per heavy atom. The van der Waals surface area contributed by atoms with E-state index in [1.54, 1.807) is 6.07 Å². The molecule has 1 unspecified atom stereocenters. The predicted octanol–water partition coefficient (Wildman–Crippen LogP) is 3.78. The van der Waals surface area contributed by atoms with Crippen LogP contribution in [-0.4, -0.2) is 17.2 Å². The predicted molar refractivity (Wildman–Crippen MR) is 70.5 cm³/mol. The van der Waals surface area contributed by atoms with Crippen molar-refractivity contribution in [1.29, 1.82) is 0 Å². The van der Waals surface area contributed by atoms with Crippen LogP contribution in [0.1, 0.15) is 31.7 Å². The Labute approximate surface area is 110 Å². The van der Waals surface area contributed by atoms with E-state index in [0.717, 1.165) is 22.9 Å². The van der Waals surface area contributed by atoms with Crippen molar-refractivity contribution in [3.63, 3.8) is 0 Å². The molecule has 1 rings (SSSR count). The van der Waals surface area contributed by atoms with Crippen LogP contribution in [0.4, 0.5) is 0 Å². The second-order valence-electron chi connectivity index (χ2n) is 4.00. The second-order valence-corrected chi connectivity index (χ2v) is 4.91. The van der Waals surface area contributed by atoms with Crippen molar-refractivity contribution in [3.8, 4) is 5.75 Å². The number of halogens is 1. The third-order valence-electron chi connectivity index (χ3n) is 2.50. The Hall–Kier alpha value is -1.03. The number of hydrogen-bond acceptors (Lipinski definition) is 2. The lowest BCUT2D eigenvalue weighted by Crippen LogP contribution is -2.27. The molecule has 0 aromatic heterocycles. The number of ether oxygens (including phenoxy) is 1. The highest BCUT2D eigenvalue weighted by atomic mass is 79.9. The van der Waals surface area contributed by atoms with Crippen molar-refractivity contribution < 1.29 is 14.6 Å². The van der Waals surface area contributed by atoms with E-state index in [1.165, 1.54) is 0 Å². The monoisotopic (exact) mass is 300 g/mol.